The molecule has 1 N–H and O–H groups in total. The molecule has 6 nitrogen and oxygen atoms in total. The number of aliphatic hydroxyl groups is 1. The Hall–Kier alpha value is -3.09. The van der Waals surface area contributed by atoms with Gasteiger partial charge < -0.3 is 24.4 Å². The van der Waals surface area contributed by atoms with Crippen LogP contribution in [0, 0.1) is 0 Å². The molecule has 0 radical (unpaired) electrons. The smallest absolute Gasteiger partial charge is 0.185 e. The highest BCUT2D eigenvalue weighted by atomic mass is 35.5. The first-order valence-corrected chi connectivity index (χ1v) is 10.7. The van der Waals surface area contributed by atoms with E-state index in [1.54, 1.807) is 26.4 Å². The molecule has 0 heterocycles. The van der Waals surface area contributed by atoms with Gasteiger partial charge in [0, 0.05) is 68.4 Å². The second kappa shape index (κ2) is 15.0. The molecule has 0 bridgehead atoms. The van der Waals surface area contributed by atoms with Gasteiger partial charge >= 0.3 is 0 Å². The number of nitrogens with zero attached hydrogens (tertiary/aromatic N) is 2. The first-order chi connectivity index (χ1) is 15.7. The molecule has 2 rings (SSSR count). The van der Waals surface area contributed by atoms with Crippen molar-refractivity contribution in [1.29, 1.82) is 0 Å². The molecule has 35 heavy (non-hydrogen) atoms. The third-order valence-corrected chi connectivity index (χ3v) is 5.26. The number of rotatable bonds is 10. The van der Waals surface area contributed by atoms with Crippen molar-refractivity contribution in [2.24, 2.45) is 0 Å². The predicted molar refractivity (Wildman–Crippen MR) is 152 cm³/mol. The highest BCUT2D eigenvalue weighted by Crippen LogP contribution is 2.27. The number of aliphatic hydroxyl groups excluding tert-OH is 1. The van der Waals surface area contributed by atoms with Crippen molar-refractivity contribution in [3.05, 3.63) is 71.0 Å². The molecule has 0 aromatic heterocycles. The van der Waals surface area contributed by atoms with E-state index in [4.69, 9.17) is 9.47 Å². The number of halogens is 2. The number of ketones is 1. The van der Waals surface area contributed by atoms with Crippen molar-refractivity contribution >= 4 is 54.1 Å². The molecule has 0 saturated carbocycles. The zero-order valence-corrected chi connectivity index (χ0v) is 23.0. The molecule has 2 aromatic rings. The number of allylic oxidation sites excluding steroid dienone is 3. The maximum Gasteiger partial charge on any atom is 0.185 e. The zero-order chi connectivity index (χ0) is 24.5. The first-order valence-electron chi connectivity index (χ1n) is 10.7. The molecular weight excluding hydrogens is 487 g/mol. The van der Waals surface area contributed by atoms with Crippen molar-refractivity contribution in [2.45, 2.75) is 13.3 Å². The molecule has 0 spiro atoms. The lowest BCUT2D eigenvalue weighted by molar-refractivity contribution is -0.111. The maximum atomic E-state index is 12.8. The van der Waals surface area contributed by atoms with E-state index >= 15 is 0 Å². The Balaban J connectivity index is 0.00000578. The van der Waals surface area contributed by atoms with Gasteiger partial charge in [0.25, 0.3) is 0 Å². The summed E-state index contributed by atoms with van der Waals surface area (Å²) in [6.07, 6.45) is 6.83. The fourth-order valence-corrected chi connectivity index (χ4v) is 3.25. The molecule has 0 aliphatic rings. The van der Waals surface area contributed by atoms with Crippen molar-refractivity contribution in [3.63, 3.8) is 0 Å². The van der Waals surface area contributed by atoms with Gasteiger partial charge in [-0.15, -0.1) is 24.8 Å². The first kappa shape index (κ1) is 31.9. The van der Waals surface area contributed by atoms with Gasteiger partial charge in [0.05, 0.1) is 14.2 Å². The molecule has 0 unspecified atom stereocenters. The van der Waals surface area contributed by atoms with Crippen molar-refractivity contribution < 1.29 is 19.4 Å². The monoisotopic (exact) mass is 522 g/mol. The van der Waals surface area contributed by atoms with Crippen LogP contribution in [0.3, 0.4) is 0 Å². The molecule has 2 aromatic carbocycles. The summed E-state index contributed by atoms with van der Waals surface area (Å²) in [7, 11) is 11.0. The molecule has 0 aliphatic heterocycles. The standard InChI is InChI=1S/C27H34N2O4.2ClH/c1-8-23(24(30)15-11-19-9-13-21(28(2)3)17-26(19)32-6)25(31)16-12-20-10-14-22(29(4)5)18-27(20)33-7;;/h9-18,30H,8H2,1-7H3;2*1H/b15-11+,16-12+,24-23-;;. The van der Waals surface area contributed by atoms with E-state index in [2.05, 4.69) is 0 Å². The quantitative estimate of drug-likeness (QED) is 0.227. The average molecular weight is 524 g/mol. The average Bonchev–Trinajstić information content (AvgIpc) is 2.81. The molecule has 0 atom stereocenters. The van der Waals surface area contributed by atoms with Crippen LogP contribution in [0.2, 0.25) is 0 Å². The van der Waals surface area contributed by atoms with Crippen LogP contribution in [0.1, 0.15) is 24.5 Å². The van der Waals surface area contributed by atoms with Gasteiger partial charge in [-0.25, -0.2) is 0 Å². The van der Waals surface area contributed by atoms with Gasteiger partial charge in [-0.05, 0) is 55.0 Å². The SMILES string of the molecule is CC/C(C(=O)/C=C/c1ccc(N(C)C)cc1OC)=C(O)\C=C\c1ccc(N(C)C)cc1OC.Cl.Cl. The van der Waals surface area contributed by atoms with E-state index in [0.29, 0.717) is 23.5 Å². The normalized spacial score (nSPS) is 11.4. The van der Waals surface area contributed by atoms with Gasteiger partial charge in [0.1, 0.15) is 17.3 Å². The minimum Gasteiger partial charge on any atom is -0.508 e. The van der Waals surface area contributed by atoms with Crippen molar-refractivity contribution in [2.75, 3.05) is 52.2 Å². The van der Waals surface area contributed by atoms with Crippen LogP contribution in [0.15, 0.2) is 59.9 Å². The van der Waals surface area contributed by atoms with E-state index in [9.17, 15) is 9.90 Å². The fraction of sp³-hybridized carbons (Fsp3) is 0.296. The number of carbonyl (C=O) groups excluding carboxylic acids is 1. The summed E-state index contributed by atoms with van der Waals surface area (Å²) in [6.45, 7) is 1.84. The number of hydrogen-bond donors (Lipinski definition) is 1. The molecule has 0 saturated heterocycles. The molecular formula is C27H36Cl2N2O4. The Bertz CT molecular complexity index is 1080. The largest absolute Gasteiger partial charge is 0.508 e. The predicted octanol–water partition coefficient (Wildman–Crippen LogP) is 6.20. The Morgan fingerprint density at radius 3 is 1.63 bits per heavy atom. The molecule has 0 amide bonds. The van der Waals surface area contributed by atoms with Crippen LogP contribution in [0.5, 0.6) is 11.5 Å². The fourth-order valence-electron chi connectivity index (χ4n) is 3.25. The van der Waals surface area contributed by atoms with Gasteiger partial charge in [0.15, 0.2) is 5.78 Å². The minimum absolute atomic E-state index is 0. The van der Waals surface area contributed by atoms with Crippen LogP contribution in [-0.2, 0) is 4.79 Å². The van der Waals surface area contributed by atoms with Gasteiger partial charge in [0.2, 0.25) is 0 Å². The summed E-state index contributed by atoms with van der Waals surface area (Å²) in [5.74, 6) is 1.03. The Kier molecular flexibility index (Phi) is 13.7. The summed E-state index contributed by atoms with van der Waals surface area (Å²) in [5.41, 5.74) is 3.93. The van der Waals surface area contributed by atoms with E-state index in [-0.39, 0.29) is 36.4 Å². The van der Waals surface area contributed by atoms with Gasteiger partial charge in [-0.2, -0.15) is 0 Å². The lowest BCUT2D eigenvalue weighted by Gasteiger charge is -2.15. The Labute approximate surface area is 221 Å². The highest BCUT2D eigenvalue weighted by molar-refractivity contribution is 6.07. The van der Waals surface area contributed by atoms with Gasteiger partial charge in [-0.1, -0.05) is 6.92 Å². The number of carbonyl (C=O) groups is 1. The number of anilines is 2. The number of benzene rings is 2. The van der Waals surface area contributed by atoms with Crippen LogP contribution >= 0.6 is 24.8 Å². The summed E-state index contributed by atoms with van der Waals surface area (Å²) < 4.78 is 10.9. The summed E-state index contributed by atoms with van der Waals surface area (Å²) in [4.78, 5) is 16.8. The lowest BCUT2D eigenvalue weighted by Crippen LogP contribution is -2.08. The van der Waals surface area contributed by atoms with Crippen LogP contribution < -0.4 is 19.3 Å². The summed E-state index contributed by atoms with van der Waals surface area (Å²) in [6, 6.07) is 11.6. The molecule has 0 fully saturated rings. The van der Waals surface area contributed by atoms with Gasteiger partial charge in [-0.3, -0.25) is 4.79 Å². The third kappa shape index (κ3) is 8.57. The summed E-state index contributed by atoms with van der Waals surface area (Å²) in [5, 5.41) is 10.6. The zero-order valence-electron chi connectivity index (χ0n) is 21.4. The van der Waals surface area contributed by atoms with Crippen LogP contribution in [0.4, 0.5) is 11.4 Å². The van der Waals surface area contributed by atoms with E-state index in [1.165, 1.54) is 12.2 Å². The van der Waals surface area contributed by atoms with E-state index < -0.39 is 0 Å². The highest BCUT2D eigenvalue weighted by Gasteiger charge is 2.11. The Morgan fingerprint density at radius 2 is 1.26 bits per heavy atom. The second-order valence-electron chi connectivity index (χ2n) is 7.89. The minimum atomic E-state index is -0.256. The topological polar surface area (TPSA) is 62.2 Å². The third-order valence-electron chi connectivity index (χ3n) is 5.26. The Morgan fingerprint density at radius 1 is 0.829 bits per heavy atom. The summed E-state index contributed by atoms with van der Waals surface area (Å²) >= 11 is 0. The molecule has 0 aliphatic carbocycles. The van der Waals surface area contributed by atoms with Crippen LogP contribution in [-0.4, -0.2) is 53.3 Å². The number of methoxy groups -OCH3 is 2. The van der Waals surface area contributed by atoms with Crippen molar-refractivity contribution in [1.82, 2.24) is 0 Å². The van der Waals surface area contributed by atoms with Crippen molar-refractivity contribution in [3.8, 4) is 11.5 Å². The van der Waals surface area contributed by atoms with Crippen LogP contribution in [0.25, 0.3) is 12.2 Å². The number of hydrogen-bond acceptors (Lipinski definition) is 6. The van der Waals surface area contributed by atoms with E-state index in [0.717, 1.165) is 22.5 Å². The second-order valence-corrected chi connectivity index (χ2v) is 7.89. The van der Waals surface area contributed by atoms with E-state index in [1.807, 2.05) is 81.3 Å². The lowest BCUT2D eigenvalue weighted by atomic mass is 10.0. The molecule has 192 valence electrons. The molecule has 8 heteroatoms. The maximum absolute atomic E-state index is 12.8. The number of ether oxygens (including phenoxy) is 2.